The van der Waals surface area contributed by atoms with E-state index in [1.165, 1.54) is 55.6 Å². The second kappa shape index (κ2) is 4.69. The molecule has 17 heavy (non-hydrogen) atoms. The topological polar surface area (TPSA) is 24.9 Å². The first kappa shape index (κ1) is 11.7. The van der Waals surface area contributed by atoms with Crippen molar-refractivity contribution in [1.29, 1.82) is 0 Å². The molecular weight excluding hydrogens is 228 g/mol. The summed E-state index contributed by atoms with van der Waals surface area (Å²) in [6.45, 7) is 1.16. The molecule has 94 valence electrons. The third kappa shape index (κ3) is 2.55. The van der Waals surface area contributed by atoms with Gasteiger partial charge >= 0.3 is 0 Å². The quantitative estimate of drug-likeness (QED) is 0.867. The van der Waals surface area contributed by atoms with Crippen molar-refractivity contribution in [2.75, 3.05) is 13.6 Å². The van der Waals surface area contributed by atoms with Crippen molar-refractivity contribution >= 4 is 11.3 Å². The summed E-state index contributed by atoms with van der Waals surface area (Å²) in [5.74, 6) is 0.777. The minimum Gasteiger partial charge on any atom is -0.319 e. The Balaban J connectivity index is 1.64. The van der Waals surface area contributed by atoms with E-state index in [2.05, 4.69) is 17.7 Å². The van der Waals surface area contributed by atoms with Gasteiger partial charge in [0.05, 0.1) is 10.7 Å². The van der Waals surface area contributed by atoms with E-state index in [1.807, 2.05) is 11.3 Å². The zero-order valence-electron chi connectivity index (χ0n) is 10.7. The highest BCUT2D eigenvalue weighted by atomic mass is 32.1. The van der Waals surface area contributed by atoms with Crippen molar-refractivity contribution in [1.82, 2.24) is 10.3 Å². The largest absolute Gasteiger partial charge is 0.319 e. The fourth-order valence-corrected chi connectivity index (χ4v) is 4.15. The molecular formula is C14H22N2S. The van der Waals surface area contributed by atoms with Crippen LogP contribution in [0.3, 0.4) is 0 Å². The van der Waals surface area contributed by atoms with E-state index in [9.17, 15) is 0 Å². The van der Waals surface area contributed by atoms with Gasteiger partial charge in [0.15, 0.2) is 0 Å². The fourth-order valence-electron chi connectivity index (χ4n) is 3.10. The molecule has 0 bridgehead atoms. The maximum Gasteiger partial charge on any atom is 0.0934 e. The van der Waals surface area contributed by atoms with Gasteiger partial charge in [-0.05, 0) is 38.1 Å². The lowest BCUT2D eigenvalue weighted by Gasteiger charge is -2.12. The maximum absolute atomic E-state index is 4.89. The van der Waals surface area contributed by atoms with Crippen LogP contribution < -0.4 is 5.32 Å². The maximum atomic E-state index is 4.89. The van der Waals surface area contributed by atoms with Gasteiger partial charge < -0.3 is 5.32 Å². The van der Waals surface area contributed by atoms with E-state index >= 15 is 0 Å². The van der Waals surface area contributed by atoms with Crippen molar-refractivity contribution < 1.29 is 0 Å². The van der Waals surface area contributed by atoms with E-state index < -0.39 is 0 Å². The standard InChI is InChI=1S/C14H22N2S/c1-15-10-14(6-7-14)8-13-16-12(9-17-13)11-4-2-3-5-11/h9,11,15H,2-8,10H2,1H3. The molecule has 1 heterocycles. The van der Waals surface area contributed by atoms with Crippen LogP contribution in [0, 0.1) is 5.41 Å². The molecule has 1 aromatic heterocycles. The summed E-state index contributed by atoms with van der Waals surface area (Å²) < 4.78 is 0. The van der Waals surface area contributed by atoms with Crippen molar-refractivity contribution in [3.05, 3.63) is 16.1 Å². The number of rotatable bonds is 5. The summed E-state index contributed by atoms with van der Waals surface area (Å²) in [5, 5.41) is 7.02. The first-order valence-corrected chi connectivity index (χ1v) is 7.78. The summed E-state index contributed by atoms with van der Waals surface area (Å²) in [7, 11) is 2.06. The SMILES string of the molecule is CNCC1(Cc2nc(C3CCCC3)cs2)CC1. The molecule has 0 amide bonds. The van der Waals surface area contributed by atoms with Crippen molar-refractivity contribution in [2.24, 2.45) is 5.41 Å². The molecule has 2 saturated carbocycles. The lowest BCUT2D eigenvalue weighted by Crippen LogP contribution is -2.21. The Morgan fingerprint density at radius 3 is 2.82 bits per heavy atom. The Labute approximate surface area is 108 Å². The molecule has 2 aliphatic rings. The van der Waals surface area contributed by atoms with Crippen LogP contribution in [-0.4, -0.2) is 18.6 Å². The van der Waals surface area contributed by atoms with E-state index in [1.54, 1.807) is 0 Å². The van der Waals surface area contributed by atoms with Gasteiger partial charge in [0.25, 0.3) is 0 Å². The third-order valence-corrected chi connectivity index (χ3v) is 5.25. The Bertz CT molecular complexity index is 375. The second-order valence-electron chi connectivity index (χ2n) is 5.85. The smallest absolute Gasteiger partial charge is 0.0934 e. The Hall–Kier alpha value is -0.410. The molecule has 0 atom stereocenters. The second-order valence-corrected chi connectivity index (χ2v) is 6.80. The molecule has 0 spiro atoms. The molecule has 2 fully saturated rings. The van der Waals surface area contributed by atoms with Gasteiger partial charge in [0.2, 0.25) is 0 Å². The number of hydrogen-bond donors (Lipinski definition) is 1. The van der Waals surface area contributed by atoms with Gasteiger partial charge in [0.1, 0.15) is 0 Å². The molecule has 2 nitrogen and oxygen atoms in total. The molecule has 0 unspecified atom stereocenters. The van der Waals surface area contributed by atoms with Crippen LogP contribution in [0.4, 0.5) is 0 Å². The highest BCUT2D eigenvalue weighted by Crippen LogP contribution is 2.48. The summed E-state index contributed by atoms with van der Waals surface area (Å²) in [4.78, 5) is 4.89. The lowest BCUT2D eigenvalue weighted by molar-refractivity contribution is 0.476. The van der Waals surface area contributed by atoms with Crippen LogP contribution in [0.2, 0.25) is 0 Å². The average molecular weight is 250 g/mol. The minimum atomic E-state index is 0.555. The molecule has 3 heteroatoms. The van der Waals surface area contributed by atoms with E-state index in [0.29, 0.717) is 5.41 Å². The van der Waals surface area contributed by atoms with Gasteiger partial charge in [-0.15, -0.1) is 11.3 Å². The summed E-state index contributed by atoms with van der Waals surface area (Å²) in [6, 6.07) is 0. The lowest BCUT2D eigenvalue weighted by atomic mass is 10.0. The summed E-state index contributed by atoms with van der Waals surface area (Å²) in [6.07, 6.45) is 9.50. The zero-order chi connectivity index (χ0) is 11.7. The van der Waals surface area contributed by atoms with Crippen LogP contribution >= 0.6 is 11.3 Å². The monoisotopic (exact) mass is 250 g/mol. The van der Waals surface area contributed by atoms with Gasteiger partial charge in [-0.3, -0.25) is 0 Å². The number of hydrogen-bond acceptors (Lipinski definition) is 3. The number of aromatic nitrogens is 1. The Morgan fingerprint density at radius 2 is 2.18 bits per heavy atom. The number of nitrogens with one attached hydrogen (secondary N) is 1. The molecule has 0 aliphatic heterocycles. The molecule has 0 aromatic carbocycles. The van der Waals surface area contributed by atoms with E-state index in [-0.39, 0.29) is 0 Å². The molecule has 1 aromatic rings. The van der Waals surface area contributed by atoms with Crippen molar-refractivity contribution in [2.45, 2.75) is 50.9 Å². The number of nitrogens with zero attached hydrogens (tertiary/aromatic N) is 1. The molecule has 0 saturated heterocycles. The van der Waals surface area contributed by atoms with Gasteiger partial charge in [-0.1, -0.05) is 12.8 Å². The van der Waals surface area contributed by atoms with Gasteiger partial charge in [-0.2, -0.15) is 0 Å². The highest BCUT2D eigenvalue weighted by Gasteiger charge is 2.42. The highest BCUT2D eigenvalue weighted by molar-refractivity contribution is 7.09. The van der Waals surface area contributed by atoms with E-state index in [0.717, 1.165) is 12.5 Å². The van der Waals surface area contributed by atoms with Crippen LogP contribution in [0.15, 0.2) is 5.38 Å². The van der Waals surface area contributed by atoms with Gasteiger partial charge in [-0.25, -0.2) is 4.98 Å². The molecule has 2 aliphatic carbocycles. The van der Waals surface area contributed by atoms with Crippen LogP contribution in [0.5, 0.6) is 0 Å². The van der Waals surface area contributed by atoms with Crippen LogP contribution in [0.25, 0.3) is 0 Å². The third-order valence-electron chi connectivity index (χ3n) is 4.38. The van der Waals surface area contributed by atoms with Gasteiger partial charge in [0, 0.05) is 24.3 Å². The zero-order valence-corrected chi connectivity index (χ0v) is 11.5. The first-order chi connectivity index (χ1) is 8.31. The minimum absolute atomic E-state index is 0.555. The molecule has 3 rings (SSSR count). The predicted octanol–water partition coefficient (Wildman–Crippen LogP) is 3.34. The van der Waals surface area contributed by atoms with Crippen LogP contribution in [0.1, 0.15) is 55.1 Å². The summed E-state index contributed by atoms with van der Waals surface area (Å²) >= 11 is 1.89. The van der Waals surface area contributed by atoms with Crippen LogP contribution in [-0.2, 0) is 6.42 Å². The first-order valence-electron chi connectivity index (χ1n) is 6.90. The normalized spacial score (nSPS) is 23.1. The summed E-state index contributed by atoms with van der Waals surface area (Å²) in [5.41, 5.74) is 1.95. The predicted molar refractivity (Wildman–Crippen MR) is 72.6 cm³/mol. The van der Waals surface area contributed by atoms with Crippen molar-refractivity contribution in [3.8, 4) is 0 Å². The Kier molecular flexibility index (Phi) is 3.22. The molecule has 0 radical (unpaired) electrons. The van der Waals surface area contributed by atoms with E-state index in [4.69, 9.17) is 4.98 Å². The number of thiazole rings is 1. The van der Waals surface area contributed by atoms with Crippen molar-refractivity contribution in [3.63, 3.8) is 0 Å². The Morgan fingerprint density at radius 1 is 1.41 bits per heavy atom. The average Bonchev–Trinajstić information content (AvgIpc) is 2.78. The fraction of sp³-hybridized carbons (Fsp3) is 0.786. The molecule has 1 N–H and O–H groups in total.